The van der Waals surface area contributed by atoms with Crippen LogP contribution in [0.3, 0.4) is 0 Å². The van der Waals surface area contributed by atoms with Gasteiger partial charge in [-0.05, 0) is 61.3 Å². The highest BCUT2D eigenvalue weighted by molar-refractivity contribution is 7.18. The van der Waals surface area contributed by atoms with Crippen LogP contribution in [0.5, 0.6) is 0 Å². The molecule has 11 heteroatoms. The van der Waals surface area contributed by atoms with Crippen molar-refractivity contribution in [3.05, 3.63) is 73.0 Å². The van der Waals surface area contributed by atoms with Gasteiger partial charge < -0.3 is 9.63 Å². The summed E-state index contributed by atoms with van der Waals surface area (Å²) in [4.78, 5) is 26.3. The SMILES string of the molecule is CC.CC(C)c1onc(-c2c(Cl)cccc2Cl)c1CN=O.CC1CC2CCCC1C2c1nc2c(F)cc(C(=O)O)cc2s1. The van der Waals surface area contributed by atoms with E-state index in [1.165, 1.54) is 37.0 Å². The molecule has 2 aliphatic rings. The first-order valence-electron chi connectivity index (χ1n) is 14.7. The van der Waals surface area contributed by atoms with Crippen LogP contribution in [0.15, 0.2) is 40.0 Å². The molecule has 230 valence electrons. The Morgan fingerprint density at radius 3 is 2.51 bits per heavy atom. The Labute approximate surface area is 264 Å². The van der Waals surface area contributed by atoms with Gasteiger partial charge in [-0.15, -0.1) is 11.3 Å². The second-order valence-corrected chi connectivity index (χ2v) is 13.0. The van der Waals surface area contributed by atoms with Gasteiger partial charge in [0.05, 0.1) is 25.3 Å². The average Bonchev–Trinajstić information content (AvgIpc) is 3.63. The number of hydrogen-bond acceptors (Lipinski definition) is 7. The van der Waals surface area contributed by atoms with Crippen molar-refractivity contribution in [2.24, 2.45) is 22.9 Å². The maximum atomic E-state index is 14.2. The number of halogens is 3. The third kappa shape index (κ3) is 6.79. The highest BCUT2D eigenvalue weighted by atomic mass is 35.5. The fraction of sp³-hybridized carbons (Fsp3) is 0.469. The number of carbonyl (C=O) groups is 1. The molecule has 43 heavy (non-hydrogen) atoms. The summed E-state index contributed by atoms with van der Waals surface area (Å²) < 4.78 is 20.1. The first-order chi connectivity index (χ1) is 20.6. The van der Waals surface area contributed by atoms with Crippen molar-refractivity contribution >= 4 is 50.7 Å². The summed E-state index contributed by atoms with van der Waals surface area (Å²) in [6.45, 7) is 10.2. The second kappa shape index (κ2) is 14.3. The smallest absolute Gasteiger partial charge is 0.335 e. The molecule has 2 aliphatic carbocycles. The normalized spacial score (nSPS) is 20.8. The van der Waals surface area contributed by atoms with Crippen molar-refractivity contribution in [3.8, 4) is 11.3 Å². The molecule has 0 aliphatic heterocycles. The number of hydrogen-bond donors (Lipinski definition) is 1. The molecule has 7 nitrogen and oxygen atoms in total. The molecule has 0 saturated heterocycles. The highest BCUT2D eigenvalue weighted by Crippen LogP contribution is 2.56. The molecule has 4 atom stereocenters. The summed E-state index contributed by atoms with van der Waals surface area (Å²) in [6.07, 6.45) is 5.01. The van der Waals surface area contributed by atoms with Gasteiger partial charge in [-0.2, -0.15) is 4.91 Å². The Morgan fingerprint density at radius 1 is 1.21 bits per heavy atom. The number of nitrogens with zero attached hydrogens (tertiary/aromatic N) is 3. The van der Waals surface area contributed by atoms with E-state index < -0.39 is 11.8 Å². The standard InChI is InChI=1S/C17H18FNO2S.C13H12Cl2N2O2.C2H6/c1-8-5-9-3-2-4-11(8)14(9)16-19-15-12(18)6-10(17(20)21)7-13(15)22-16;1-7(2)13-8(6-16-18)12(17-19-13)11-9(14)4-3-5-10(11)15;1-2/h6-9,11,14H,2-5H2,1H3,(H,20,21);3-5,7H,6H2,1-2H3;1-2H3. The molecular formula is C32H36Cl2FN3O4S. The average molecular weight is 649 g/mol. The molecule has 2 saturated carbocycles. The van der Waals surface area contributed by atoms with E-state index in [0.29, 0.717) is 66.5 Å². The van der Waals surface area contributed by atoms with E-state index in [0.717, 1.165) is 11.1 Å². The predicted molar refractivity (Wildman–Crippen MR) is 171 cm³/mol. The van der Waals surface area contributed by atoms with Crippen molar-refractivity contribution in [2.75, 3.05) is 0 Å². The van der Waals surface area contributed by atoms with E-state index in [2.05, 4.69) is 22.2 Å². The summed E-state index contributed by atoms with van der Waals surface area (Å²) in [6, 6.07) is 7.80. The van der Waals surface area contributed by atoms with Crippen LogP contribution in [0, 0.1) is 28.5 Å². The van der Waals surface area contributed by atoms with Crippen LogP contribution >= 0.6 is 34.5 Å². The second-order valence-electron chi connectivity index (χ2n) is 11.2. The van der Waals surface area contributed by atoms with E-state index in [4.69, 9.17) is 32.8 Å². The van der Waals surface area contributed by atoms with Gasteiger partial charge in [0, 0.05) is 23.0 Å². The van der Waals surface area contributed by atoms with Gasteiger partial charge >= 0.3 is 5.97 Å². The van der Waals surface area contributed by atoms with Crippen molar-refractivity contribution in [3.63, 3.8) is 0 Å². The van der Waals surface area contributed by atoms with Gasteiger partial charge in [-0.3, -0.25) is 0 Å². The fourth-order valence-electron chi connectivity index (χ4n) is 6.45. The molecule has 2 aromatic carbocycles. The van der Waals surface area contributed by atoms with Gasteiger partial charge in [0.15, 0.2) is 5.82 Å². The van der Waals surface area contributed by atoms with Crippen molar-refractivity contribution in [2.45, 2.75) is 78.7 Å². The maximum Gasteiger partial charge on any atom is 0.335 e. The minimum absolute atomic E-state index is 0.000171. The lowest BCUT2D eigenvalue weighted by Gasteiger charge is -2.29. The van der Waals surface area contributed by atoms with Gasteiger partial charge in [-0.1, -0.05) is 80.6 Å². The topological polar surface area (TPSA) is 106 Å². The lowest BCUT2D eigenvalue weighted by Crippen LogP contribution is -2.19. The largest absolute Gasteiger partial charge is 0.478 e. The predicted octanol–water partition coefficient (Wildman–Crippen LogP) is 10.7. The number of thiazole rings is 1. The van der Waals surface area contributed by atoms with Crippen LogP contribution in [0.2, 0.25) is 10.0 Å². The summed E-state index contributed by atoms with van der Waals surface area (Å²) in [5.41, 5.74) is 2.03. The lowest BCUT2D eigenvalue weighted by molar-refractivity contribution is 0.0696. The molecule has 6 rings (SSSR count). The van der Waals surface area contributed by atoms with Crippen LogP contribution in [-0.2, 0) is 6.54 Å². The maximum absolute atomic E-state index is 14.2. The summed E-state index contributed by atoms with van der Waals surface area (Å²) in [7, 11) is 0. The Kier molecular flexibility index (Phi) is 11.0. The minimum atomic E-state index is -1.10. The van der Waals surface area contributed by atoms with E-state index in [9.17, 15) is 14.1 Å². The zero-order chi connectivity index (χ0) is 31.4. The lowest BCUT2D eigenvalue weighted by atomic mass is 9.78. The number of nitroso groups, excluding NO2 is 1. The van der Waals surface area contributed by atoms with Crippen LogP contribution in [0.25, 0.3) is 21.5 Å². The van der Waals surface area contributed by atoms with E-state index >= 15 is 0 Å². The molecule has 0 spiro atoms. The van der Waals surface area contributed by atoms with Gasteiger partial charge in [0.25, 0.3) is 0 Å². The molecular weight excluding hydrogens is 612 g/mol. The van der Waals surface area contributed by atoms with E-state index in [-0.39, 0.29) is 18.0 Å². The Balaban J connectivity index is 0.000000188. The Hall–Kier alpha value is -2.88. The number of fused-ring (bicyclic) bond motifs is 3. The number of aromatic carboxylic acids is 1. The number of rotatable bonds is 6. The van der Waals surface area contributed by atoms with Gasteiger partial charge in [0.1, 0.15) is 23.5 Å². The third-order valence-electron chi connectivity index (χ3n) is 8.25. The first kappa shape index (κ1) is 33.0. The Bertz CT molecular complexity index is 1580. The minimum Gasteiger partial charge on any atom is -0.478 e. The first-order valence-corrected chi connectivity index (χ1v) is 16.2. The van der Waals surface area contributed by atoms with Crippen molar-refractivity contribution < 1.29 is 18.8 Å². The van der Waals surface area contributed by atoms with E-state index in [1.54, 1.807) is 24.3 Å². The summed E-state index contributed by atoms with van der Waals surface area (Å²) in [5, 5.41) is 17.9. The molecule has 2 fully saturated rings. The zero-order valence-electron chi connectivity index (χ0n) is 24.9. The summed E-state index contributed by atoms with van der Waals surface area (Å²) >= 11 is 13.8. The summed E-state index contributed by atoms with van der Waals surface area (Å²) in [5.74, 6) is 1.58. The molecule has 0 amide bonds. The van der Waals surface area contributed by atoms with Gasteiger partial charge in [-0.25, -0.2) is 14.2 Å². The Morgan fingerprint density at radius 2 is 1.91 bits per heavy atom. The molecule has 1 N–H and O–H groups in total. The molecule has 4 unspecified atom stereocenters. The molecule has 2 aromatic heterocycles. The molecule has 4 aromatic rings. The van der Waals surface area contributed by atoms with Crippen molar-refractivity contribution in [1.29, 1.82) is 0 Å². The number of aromatic nitrogens is 2. The quantitative estimate of drug-likeness (QED) is 0.209. The highest BCUT2D eigenvalue weighted by Gasteiger charge is 2.45. The van der Waals surface area contributed by atoms with Crippen molar-refractivity contribution in [1.82, 2.24) is 10.1 Å². The number of carboxylic acids is 1. The third-order valence-corrected chi connectivity index (χ3v) is 9.98. The number of benzene rings is 2. The van der Waals surface area contributed by atoms with Crippen LogP contribution in [0.1, 0.15) is 98.8 Å². The van der Waals surface area contributed by atoms with Crippen LogP contribution in [-0.4, -0.2) is 21.2 Å². The monoisotopic (exact) mass is 647 g/mol. The van der Waals surface area contributed by atoms with Crippen LogP contribution < -0.4 is 0 Å². The molecule has 0 radical (unpaired) electrons. The molecule has 2 bridgehead atoms. The number of carboxylic acid groups (broad SMARTS) is 1. The zero-order valence-corrected chi connectivity index (χ0v) is 27.2. The van der Waals surface area contributed by atoms with E-state index in [1.807, 2.05) is 27.7 Å². The van der Waals surface area contributed by atoms with Crippen LogP contribution in [0.4, 0.5) is 4.39 Å². The fourth-order valence-corrected chi connectivity index (χ4v) is 8.32. The molecule has 2 heterocycles. The van der Waals surface area contributed by atoms with Gasteiger partial charge in [0.2, 0.25) is 0 Å².